The molecule has 5 aliphatic rings. The van der Waals surface area contributed by atoms with Crippen molar-refractivity contribution in [2.75, 3.05) is 46.8 Å². The van der Waals surface area contributed by atoms with Crippen LogP contribution in [0, 0.1) is 5.92 Å². The highest BCUT2D eigenvalue weighted by molar-refractivity contribution is 5.85. The number of nitrogens with one attached hydrogen (secondary N) is 3. The smallest absolute Gasteiger partial charge is 0.160 e. The van der Waals surface area contributed by atoms with Crippen LogP contribution in [0.4, 0.5) is 0 Å². The Morgan fingerprint density at radius 2 is 1.78 bits per heavy atom. The minimum absolute atomic E-state index is 0.0173. The Morgan fingerprint density at radius 3 is 2.58 bits per heavy atom. The lowest BCUT2D eigenvalue weighted by atomic mass is 9.70. The fraction of sp³-hybridized carbons (Fsp3) is 0.528. The van der Waals surface area contributed by atoms with Crippen molar-refractivity contribution in [3.05, 3.63) is 98.6 Å². The summed E-state index contributed by atoms with van der Waals surface area (Å²) in [5, 5.41) is 56.6. The third kappa shape index (κ3) is 9.62. The van der Waals surface area contributed by atoms with Crippen LogP contribution in [0.2, 0.25) is 0 Å². The second kappa shape index (κ2) is 19.3. The molecule has 0 amide bonds. The van der Waals surface area contributed by atoms with Gasteiger partial charge in [0.05, 0.1) is 38.0 Å². The molecule has 9 rings (SSSR count). The number of fused-ring (bicyclic) bond motifs is 9. The number of benzene rings is 4. The van der Waals surface area contributed by atoms with Gasteiger partial charge in [0.15, 0.2) is 17.6 Å². The molecule has 65 heavy (non-hydrogen) atoms. The highest BCUT2D eigenvalue weighted by Gasteiger charge is 2.50. The number of hydrogen-bond donors (Lipinski definition) is 7. The van der Waals surface area contributed by atoms with E-state index in [1.54, 1.807) is 19.2 Å². The first-order chi connectivity index (χ1) is 31.4. The van der Waals surface area contributed by atoms with E-state index in [2.05, 4.69) is 59.1 Å². The van der Waals surface area contributed by atoms with E-state index in [4.69, 9.17) is 18.9 Å². The molecule has 5 atom stereocenters. The number of rotatable bonds is 17. The van der Waals surface area contributed by atoms with Crippen LogP contribution in [-0.4, -0.2) is 90.5 Å². The van der Waals surface area contributed by atoms with Crippen molar-refractivity contribution in [1.29, 1.82) is 0 Å². The summed E-state index contributed by atoms with van der Waals surface area (Å²) in [6.45, 7) is 8.27. The minimum Gasteiger partial charge on any atom is -0.508 e. The molecule has 0 saturated heterocycles. The molecule has 7 N–H and O–H groups in total. The molecule has 0 bridgehead atoms. The fourth-order valence-electron chi connectivity index (χ4n) is 11.4. The van der Waals surface area contributed by atoms with Crippen LogP contribution >= 0.6 is 0 Å². The molecular formula is C53H68N4O8. The number of aromatic hydroxyl groups is 2. The standard InChI is InChI=1S/C53H68N4O8/c1-32(2)25-52(3,61)28-54-30-55-29-53(63-31-57-37-8-6-5-7-9-37)26-44-43-22-36(21-33-10-16-45-34(20-33)18-19-56-45)42-24-38(59)12-14-40(42)48(43)50-41(15-13-39(27-58)64-50)49(44)65-51(53)35-11-17-46(60)47(23-35)62-4/h10-12,14,16-18,20,23-24,32,36-37,39,51,54-55,57-61H,5-9,13,15,19,21-22,25-31H2,1-4H3/t36-,39+,51+,52-,53-/m0/s1. The third-order valence-corrected chi connectivity index (χ3v) is 14.3. The summed E-state index contributed by atoms with van der Waals surface area (Å²) < 4.78 is 27.4. The van der Waals surface area contributed by atoms with Crippen molar-refractivity contribution in [1.82, 2.24) is 16.0 Å². The lowest BCUT2D eigenvalue weighted by Crippen LogP contribution is -2.56. The summed E-state index contributed by atoms with van der Waals surface area (Å²) >= 11 is 0. The summed E-state index contributed by atoms with van der Waals surface area (Å²) in [7, 11) is 1.55. The highest BCUT2D eigenvalue weighted by atomic mass is 16.6. The monoisotopic (exact) mass is 889 g/mol. The molecule has 12 heteroatoms. The Morgan fingerprint density at radius 1 is 0.938 bits per heavy atom. The topological polar surface area (TPSA) is 166 Å². The number of methoxy groups -OCH3 is 1. The Labute approximate surface area is 383 Å². The van der Waals surface area contributed by atoms with E-state index in [-0.39, 0.29) is 30.1 Å². The summed E-state index contributed by atoms with van der Waals surface area (Å²) in [4.78, 5) is 4.63. The number of hydrogen-bond acceptors (Lipinski definition) is 12. The van der Waals surface area contributed by atoms with E-state index < -0.39 is 17.3 Å². The van der Waals surface area contributed by atoms with Crippen molar-refractivity contribution < 1.29 is 39.4 Å². The third-order valence-electron chi connectivity index (χ3n) is 14.3. The number of phenolic OH excluding ortho intramolecular Hbond substituents is 2. The van der Waals surface area contributed by atoms with Gasteiger partial charge in [0, 0.05) is 48.9 Å². The minimum atomic E-state index is -0.978. The van der Waals surface area contributed by atoms with Gasteiger partial charge in [0.1, 0.15) is 29.0 Å². The zero-order chi connectivity index (χ0) is 45.3. The van der Waals surface area contributed by atoms with Crippen LogP contribution in [0.5, 0.6) is 28.7 Å². The maximum Gasteiger partial charge on any atom is 0.160 e. The molecule has 2 aliphatic carbocycles. The maximum absolute atomic E-state index is 11.2. The van der Waals surface area contributed by atoms with Crippen LogP contribution in [0.15, 0.2) is 59.6 Å². The summed E-state index contributed by atoms with van der Waals surface area (Å²) in [6.07, 6.45) is 10.9. The molecule has 4 aromatic rings. The van der Waals surface area contributed by atoms with Gasteiger partial charge in [0.25, 0.3) is 0 Å². The van der Waals surface area contributed by atoms with Crippen LogP contribution in [-0.2, 0) is 30.4 Å². The van der Waals surface area contributed by atoms with Crippen LogP contribution < -0.4 is 40.7 Å². The summed E-state index contributed by atoms with van der Waals surface area (Å²) in [6, 6.07) is 18.0. The van der Waals surface area contributed by atoms with Gasteiger partial charge in [-0.15, -0.1) is 0 Å². The Hall–Kier alpha value is -4.69. The van der Waals surface area contributed by atoms with Gasteiger partial charge in [-0.1, -0.05) is 57.4 Å². The molecule has 0 unspecified atom stereocenters. The van der Waals surface area contributed by atoms with Crippen molar-refractivity contribution in [3.63, 3.8) is 0 Å². The molecule has 12 nitrogen and oxygen atoms in total. The van der Waals surface area contributed by atoms with Crippen molar-refractivity contribution in [2.24, 2.45) is 10.9 Å². The van der Waals surface area contributed by atoms with E-state index >= 15 is 0 Å². The Balaban J connectivity index is 1.17. The number of nitrogens with zero attached hydrogens (tertiary/aromatic N) is 1. The summed E-state index contributed by atoms with van der Waals surface area (Å²) in [5.41, 5.74) is 6.40. The molecule has 0 spiro atoms. The first-order valence-corrected chi connectivity index (χ1v) is 23.9. The average molecular weight is 889 g/mol. The SMILES string of the molecule is COc1cc([C@H]2Oc3c(c4c(c5c3CC[C@H](CO)O5)-c3ccc(O)cc3[C@@H](Cc3ccc5c(c3)=CCN=5)C4)C[C@@]2(CNCNC[C@@](C)(O)CC(C)C)OCNC2CCCCC2)ccc1O. The molecule has 3 aliphatic heterocycles. The second-order valence-corrected chi connectivity index (χ2v) is 19.9. The molecule has 0 aromatic heterocycles. The first-order valence-electron chi connectivity index (χ1n) is 23.9. The number of ether oxygens (including phenoxy) is 4. The maximum atomic E-state index is 11.2. The molecule has 1 saturated carbocycles. The average Bonchev–Trinajstić information content (AvgIpc) is 3.77. The van der Waals surface area contributed by atoms with Crippen LogP contribution in [0.25, 0.3) is 17.2 Å². The quantitative estimate of drug-likeness (QED) is 0.0492. The van der Waals surface area contributed by atoms with Gasteiger partial charge >= 0.3 is 0 Å². The van der Waals surface area contributed by atoms with E-state index in [0.717, 1.165) is 80.3 Å². The van der Waals surface area contributed by atoms with Gasteiger partial charge in [-0.05, 0) is 133 Å². The van der Waals surface area contributed by atoms with Crippen LogP contribution in [0.1, 0.15) is 111 Å². The van der Waals surface area contributed by atoms with E-state index in [1.165, 1.54) is 24.8 Å². The predicted octanol–water partition coefficient (Wildman–Crippen LogP) is 6.00. The van der Waals surface area contributed by atoms with Gasteiger partial charge < -0.3 is 50.0 Å². The molecule has 4 aromatic carbocycles. The molecule has 3 heterocycles. The van der Waals surface area contributed by atoms with Crippen molar-refractivity contribution in [2.45, 2.75) is 127 Å². The Bertz CT molecular complexity index is 2480. The van der Waals surface area contributed by atoms with Crippen LogP contribution in [0.3, 0.4) is 0 Å². The number of aliphatic hydroxyl groups excluding tert-OH is 1. The van der Waals surface area contributed by atoms with E-state index in [1.807, 2.05) is 31.2 Å². The molecular weight excluding hydrogens is 821 g/mol. The molecule has 1 fully saturated rings. The van der Waals surface area contributed by atoms with E-state index in [9.17, 15) is 20.4 Å². The zero-order valence-corrected chi connectivity index (χ0v) is 38.6. The number of phenols is 2. The van der Waals surface area contributed by atoms with Crippen molar-refractivity contribution in [3.8, 4) is 39.9 Å². The predicted molar refractivity (Wildman–Crippen MR) is 251 cm³/mol. The Kier molecular flexibility index (Phi) is 13.5. The first kappa shape index (κ1) is 45.5. The lowest BCUT2D eigenvalue weighted by molar-refractivity contribution is -0.132. The second-order valence-electron chi connectivity index (χ2n) is 19.9. The van der Waals surface area contributed by atoms with Gasteiger partial charge in [-0.3, -0.25) is 10.3 Å². The lowest BCUT2D eigenvalue weighted by Gasteiger charge is -2.47. The molecule has 0 radical (unpaired) electrons. The molecule has 348 valence electrons. The van der Waals surface area contributed by atoms with E-state index in [0.29, 0.717) is 82.8 Å². The van der Waals surface area contributed by atoms with Gasteiger partial charge in [-0.25, -0.2) is 0 Å². The van der Waals surface area contributed by atoms with Gasteiger partial charge in [-0.2, -0.15) is 0 Å². The summed E-state index contributed by atoms with van der Waals surface area (Å²) in [5.74, 6) is 2.48. The largest absolute Gasteiger partial charge is 0.508 e. The highest BCUT2D eigenvalue weighted by Crippen LogP contribution is 2.57. The van der Waals surface area contributed by atoms with Gasteiger partial charge in [0.2, 0.25) is 0 Å². The number of aliphatic hydroxyl groups is 2. The van der Waals surface area contributed by atoms with Crippen molar-refractivity contribution >= 4 is 6.08 Å². The fourth-order valence-corrected chi connectivity index (χ4v) is 11.4. The zero-order valence-electron chi connectivity index (χ0n) is 38.6. The normalized spacial score (nSPS) is 23.1.